The van der Waals surface area contributed by atoms with Gasteiger partial charge in [0.15, 0.2) is 0 Å². The molecule has 166 valence electrons. The van der Waals surface area contributed by atoms with Gasteiger partial charge in [-0.05, 0) is 17.5 Å². The third-order valence-corrected chi connectivity index (χ3v) is 5.91. The van der Waals surface area contributed by atoms with Crippen LogP contribution >= 0.6 is 22.9 Å². The van der Waals surface area contributed by atoms with Crippen molar-refractivity contribution in [3.63, 3.8) is 0 Å². The van der Waals surface area contributed by atoms with Crippen molar-refractivity contribution in [2.75, 3.05) is 37.5 Å². The number of alkyl halides is 1. The molecule has 1 aliphatic heterocycles. The topological polar surface area (TPSA) is 124 Å². The number of halogens is 1. The molecule has 31 heavy (non-hydrogen) atoms. The van der Waals surface area contributed by atoms with E-state index in [1.807, 2.05) is 16.3 Å². The van der Waals surface area contributed by atoms with Crippen LogP contribution in [0.1, 0.15) is 9.67 Å². The molecule has 1 saturated heterocycles. The fraction of sp³-hybridized carbons (Fsp3) is 0.300. The van der Waals surface area contributed by atoms with E-state index < -0.39 is 16.2 Å². The van der Waals surface area contributed by atoms with E-state index >= 15 is 0 Å². The SMILES string of the molecule is CCl.Cn1c(=O)c([N+](=O)[O-])c(N2CCN(C(=O)c3cccs3)CC2)c2ccccc21.N. The molecule has 0 unspecified atom stereocenters. The molecule has 1 fully saturated rings. The number of aryl methyl sites for hydroxylation is 1. The summed E-state index contributed by atoms with van der Waals surface area (Å²) in [6.45, 7) is 1.74. The lowest BCUT2D eigenvalue weighted by atomic mass is 10.1. The number of hydrogen-bond acceptors (Lipinski definition) is 7. The van der Waals surface area contributed by atoms with E-state index in [0.717, 1.165) is 0 Å². The number of pyridine rings is 1. The number of amides is 1. The second-order valence-corrected chi connectivity index (χ2v) is 7.54. The van der Waals surface area contributed by atoms with Crippen molar-refractivity contribution in [1.82, 2.24) is 15.6 Å². The number of carbonyl (C=O) groups excluding carboxylic acids is 1. The number of fused-ring (bicyclic) bond motifs is 1. The van der Waals surface area contributed by atoms with Gasteiger partial charge in [0.1, 0.15) is 5.69 Å². The Morgan fingerprint density at radius 2 is 1.74 bits per heavy atom. The van der Waals surface area contributed by atoms with Gasteiger partial charge in [-0.1, -0.05) is 24.3 Å². The van der Waals surface area contributed by atoms with E-state index in [0.29, 0.717) is 47.6 Å². The van der Waals surface area contributed by atoms with E-state index in [9.17, 15) is 19.7 Å². The maximum Gasteiger partial charge on any atom is 0.357 e. The van der Waals surface area contributed by atoms with Crippen LogP contribution in [-0.2, 0) is 7.05 Å². The van der Waals surface area contributed by atoms with Crippen molar-refractivity contribution >= 4 is 51.1 Å². The number of nitro groups is 1. The molecule has 9 nitrogen and oxygen atoms in total. The predicted octanol–water partition coefficient (Wildman–Crippen LogP) is 3.49. The molecule has 0 bridgehead atoms. The Balaban J connectivity index is 0.00000111. The molecule has 4 rings (SSSR count). The van der Waals surface area contributed by atoms with Crippen LogP contribution in [0.15, 0.2) is 46.6 Å². The molecule has 0 atom stereocenters. The van der Waals surface area contributed by atoms with Crippen molar-refractivity contribution in [2.45, 2.75) is 0 Å². The maximum atomic E-state index is 12.6. The van der Waals surface area contributed by atoms with E-state index in [4.69, 9.17) is 0 Å². The zero-order chi connectivity index (χ0) is 21.8. The van der Waals surface area contributed by atoms with Crippen molar-refractivity contribution in [1.29, 1.82) is 0 Å². The number of anilines is 1. The Bertz CT molecular complexity index is 1120. The van der Waals surface area contributed by atoms with Crippen molar-refractivity contribution in [3.8, 4) is 0 Å². The first kappa shape index (κ1) is 24.3. The molecular weight excluding hydrogens is 442 g/mol. The van der Waals surface area contributed by atoms with Gasteiger partial charge in [-0.25, -0.2) is 0 Å². The fourth-order valence-corrected chi connectivity index (χ4v) is 4.33. The van der Waals surface area contributed by atoms with Gasteiger partial charge >= 0.3 is 11.2 Å². The quantitative estimate of drug-likeness (QED) is 0.358. The van der Waals surface area contributed by atoms with Gasteiger partial charge in [0, 0.05) is 45.0 Å². The zero-order valence-electron chi connectivity index (χ0n) is 17.3. The fourth-order valence-electron chi connectivity index (χ4n) is 3.64. The molecule has 0 spiro atoms. The number of carbonyl (C=O) groups is 1. The van der Waals surface area contributed by atoms with Gasteiger partial charge < -0.3 is 20.5 Å². The van der Waals surface area contributed by atoms with E-state index in [1.165, 1.54) is 22.3 Å². The molecule has 2 aromatic heterocycles. The third-order valence-electron chi connectivity index (χ3n) is 5.05. The van der Waals surface area contributed by atoms with Crippen LogP contribution in [0.4, 0.5) is 11.4 Å². The molecule has 11 heteroatoms. The van der Waals surface area contributed by atoms with Gasteiger partial charge in [-0.2, -0.15) is 0 Å². The smallest absolute Gasteiger partial charge is 0.357 e. The lowest BCUT2D eigenvalue weighted by Crippen LogP contribution is -2.49. The average molecular weight is 466 g/mol. The molecule has 1 aliphatic rings. The highest BCUT2D eigenvalue weighted by Gasteiger charge is 2.31. The highest BCUT2D eigenvalue weighted by atomic mass is 35.5. The van der Waals surface area contributed by atoms with Crippen molar-refractivity contribution in [3.05, 3.63) is 67.1 Å². The summed E-state index contributed by atoms with van der Waals surface area (Å²) in [6, 6.07) is 10.8. The molecule has 3 N–H and O–H groups in total. The highest BCUT2D eigenvalue weighted by molar-refractivity contribution is 7.12. The largest absolute Gasteiger partial charge is 0.362 e. The lowest BCUT2D eigenvalue weighted by Gasteiger charge is -2.36. The zero-order valence-corrected chi connectivity index (χ0v) is 18.9. The van der Waals surface area contributed by atoms with Crippen LogP contribution in [0.2, 0.25) is 0 Å². The molecule has 0 aliphatic carbocycles. The van der Waals surface area contributed by atoms with Crippen LogP contribution < -0.4 is 16.6 Å². The number of thiophene rings is 1. The van der Waals surface area contributed by atoms with Crippen LogP contribution in [0.25, 0.3) is 10.9 Å². The Morgan fingerprint density at radius 3 is 2.32 bits per heavy atom. The predicted molar refractivity (Wildman–Crippen MR) is 125 cm³/mol. The molecule has 0 saturated carbocycles. The number of rotatable bonds is 3. The Hall–Kier alpha value is -2.95. The maximum absolute atomic E-state index is 12.6. The Labute approximate surface area is 188 Å². The third kappa shape index (κ3) is 4.55. The summed E-state index contributed by atoms with van der Waals surface area (Å²) in [5.41, 5.74) is -0.0628. The number of para-hydroxylation sites is 1. The van der Waals surface area contributed by atoms with Crippen molar-refractivity contribution < 1.29 is 9.72 Å². The van der Waals surface area contributed by atoms with Crippen LogP contribution in [0.3, 0.4) is 0 Å². The summed E-state index contributed by atoms with van der Waals surface area (Å²) in [5.74, 6) is -0.0296. The minimum absolute atomic E-state index is 0. The summed E-state index contributed by atoms with van der Waals surface area (Å²) >= 11 is 6.03. The standard InChI is InChI=1S/C19H18N4O4S.CH3Cl.H3N/c1-20-14-6-3-2-5-13(14)16(17(19(20)25)23(26)27)21-8-10-22(11-9-21)18(24)15-7-4-12-28-15;1-2;/h2-7,12H,8-11H2,1H3;1H3;1H3. The summed E-state index contributed by atoms with van der Waals surface area (Å²) in [4.78, 5) is 40.6. The van der Waals surface area contributed by atoms with Crippen LogP contribution in [0.5, 0.6) is 0 Å². The monoisotopic (exact) mass is 465 g/mol. The van der Waals surface area contributed by atoms with Crippen molar-refractivity contribution in [2.24, 2.45) is 7.05 Å². The van der Waals surface area contributed by atoms with E-state index in [2.05, 4.69) is 11.6 Å². The number of nitrogens with zero attached hydrogens (tertiary/aromatic N) is 4. The van der Waals surface area contributed by atoms with Gasteiger partial charge in [-0.15, -0.1) is 22.9 Å². The normalized spacial score (nSPS) is 13.3. The minimum Gasteiger partial charge on any atom is -0.362 e. The molecular formula is C20H24ClN5O4S. The number of hydrogen-bond donors (Lipinski definition) is 1. The molecule has 3 aromatic rings. The highest BCUT2D eigenvalue weighted by Crippen LogP contribution is 2.34. The van der Waals surface area contributed by atoms with Gasteiger partial charge in [0.25, 0.3) is 5.91 Å². The molecule has 1 aromatic carbocycles. The Kier molecular flexibility index (Phi) is 8.14. The minimum atomic E-state index is -0.629. The summed E-state index contributed by atoms with van der Waals surface area (Å²) in [6.07, 6.45) is 1.47. The first-order valence-electron chi connectivity index (χ1n) is 9.20. The van der Waals surface area contributed by atoms with E-state index in [-0.39, 0.29) is 12.1 Å². The van der Waals surface area contributed by atoms with Crippen LogP contribution in [0, 0.1) is 10.1 Å². The van der Waals surface area contributed by atoms with Gasteiger partial charge in [-0.3, -0.25) is 19.7 Å². The average Bonchev–Trinajstić information content (AvgIpc) is 3.32. The van der Waals surface area contributed by atoms with Crippen LogP contribution in [-0.4, -0.2) is 52.9 Å². The first-order valence-corrected chi connectivity index (χ1v) is 10.8. The lowest BCUT2D eigenvalue weighted by molar-refractivity contribution is -0.385. The molecule has 0 radical (unpaired) electrons. The second-order valence-electron chi connectivity index (χ2n) is 6.59. The second kappa shape index (κ2) is 10.4. The molecule has 3 heterocycles. The summed E-state index contributed by atoms with van der Waals surface area (Å²) in [5, 5.41) is 14.2. The number of benzene rings is 1. The van der Waals surface area contributed by atoms with E-state index in [1.54, 1.807) is 42.3 Å². The number of aromatic nitrogens is 1. The molecule has 1 amide bonds. The summed E-state index contributed by atoms with van der Waals surface area (Å²) < 4.78 is 1.31. The van der Waals surface area contributed by atoms with Gasteiger partial charge in [0.05, 0.1) is 15.3 Å². The summed E-state index contributed by atoms with van der Waals surface area (Å²) in [7, 11) is 1.54. The Morgan fingerprint density at radius 1 is 1.10 bits per heavy atom. The van der Waals surface area contributed by atoms with Gasteiger partial charge in [0.2, 0.25) is 0 Å². The first-order chi connectivity index (χ1) is 14.5. The number of piperazine rings is 1.